The van der Waals surface area contributed by atoms with Crippen molar-refractivity contribution in [2.45, 2.75) is 20.3 Å². The number of aromatic nitrogens is 1. The van der Waals surface area contributed by atoms with E-state index in [1.807, 2.05) is 19.1 Å². The Morgan fingerprint density at radius 1 is 1.19 bits per heavy atom. The van der Waals surface area contributed by atoms with E-state index in [4.69, 9.17) is 4.42 Å². The van der Waals surface area contributed by atoms with E-state index >= 15 is 0 Å². The minimum Gasteiger partial charge on any atom is -0.441 e. The summed E-state index contributed by atoms with van der Waals surface area (Å²) in [6.07, 6.45) is 0.904. The van der Waals surface area contributed by atoms with Crippen LogP contribution in [0.1, 0.15) is 17.0 Å². The van der Waals surface area contributed by atoms with Gasteiger partial charge in [0.1, 0.15) is 5.76 Å². The third-order valence-electron chi connectivity index (χ3n) is 2.52. The van der Waals surface area contributed by atoms with Gasteiger partial charge in [-0.1, -0.05) is 33.6 Å². The molecule has 84 valence electrons. The van der Waals surface area contributed by atoms with Crippen molar-refractivity contribution >= 4 is 15.9 Å². The average Bonchev–Trinajstić information content (AvgIpc) is 2.62. The maximum Gasteiger partial charge on any atom is 0.226 e. The van der Waals surface area contributed by atoms with Gasteiger partial charge in [0.15, 0.2) is 0 Å². The van der Waals surface area contributed by atoms with Crippen molar-refractivity contribution in [3.8, 4) is 11.5 Å². The number of halogens is 1. The highest BCUT2D eigenvalue weighted by molar-refractivity contribution is 9.09. The summed E-state index contributed by atoms with van der Waals surface area (Å²) in [5.74, 6) is 1.63. The van der Waals surface area contributed by atoms with Crippen LogP contribution in [0.5, 0.6) is 0 Å². The molecule has 0 saturated heterocycles. The fourth-order valence-corrected chi connectivity index (χ4v) is 1.94. The second-order valence-corrected chi connectivity index (χ2v) is 4.62. The van der Waals surface area contributed by atoms with Gasteiger partial charge in [0.2, 0.25) is 5.89 Å². The molecule has 0 spiro atoms. The number of benzene rings is 1. The summed E-state index contributed by atoms with van der Waals surface area (Å²) in [7, 11) is 0. The van der Waals surface area contributed by atoms with Crippen LogP contribution in [0.25, 0.3) is 11.5 Å². The lowest BCUT2D eigenvalue weighted by molar-refractivity contribution is 0.540. The second kappa shape index (κ2) is 4.83. The van der Waals surface area contributed by atoms with E-state index in [2.05, 4.69) is 40.0 Å². The van der Waals surface area contributed by atoms with Crippen molar-refractivity contribution < 1.29 is 4.42 Å². The smallest absolute Gasteiger partial charge is 0.226 e. The number of nitrogens with zero attached hydrogens (tertiary/aromatic N) is 1. The van der Waals surface area contributed by atoms with Crippen LogP contribution in [0.15, 0.2) is 28.7 Å². The Balaban J connectivity index is 2.33. The quantitative estimate of drug-likeness (QED) is 0.797. The highest BCUT2D eigenvalue weighted by atomic mass is 79.9. The fraction of sp³-hybridized carbons (Fsp3) is 0.308. The predicted octanol–water partition coefficient (Wildman–Crippen LogP) is 3.90. The minimum atomic E-state index is 0.716. The van der Waals surface area contributed by atoms with Gasteiger partial charge in [-0.15, -0.1) is 0 Å². The van der Waals surface area contributed by atoms with Gasteiger partial charge in [0.05, 0.1) is 5.69 Å². The molecule has 0 atom stereocenters. The Morgan fingerprint density at radius 2 is 1.88 bits per heavy atom. The first-order valence-electron chi connectivity index (χ1n) is 5.30. The van der Waals surface area contributed by atoms with E-state index in [9.17, 15) is 0 Å². The Bertz CT molecular complexity index is 473. The van der Waals surface area contributed by atoms with Gasteiger partial charge in [-0.25, -0.2) is 4.98 Å². The van der Waals surface area contributed by atoms with E-state index in [1.165, 1.54) is 5.56 Å². The highest BCUT2D eigenvalue weighted by Gasteiger charge is 2.10. The van der Waals surface area contributed by atoms with Crippen LogP contribution in [-0.4, -0.2) is 10.3 Å². The third-order valence-corrected chi connectivity index (χ3v) is 2.92. The van der Waals surface area contributed by atoms with Crippen molar-refractivity contribution in [1.82, 2.24) is 4.98 Å². The first kappa shape index (κ1) is 11.4. The molecule has 2 rings (SSSR count). The summed E-state index contributed by atoms with van der Waals surface area (Å²) >= 11 is 3.41. The SMILES string of the molecule is Cc1ccc(-c2nc(CCBr)c(C)o2)cc1. The van der Waals surface area contributed by atoms with Crippen LogP contribution >= 0.6 is 15.9 Å². The van der Waals surface area contributed by atoms with Crippen LogP contribution in [0.2, 0.25) is 0 Å². The van der Waals surface area contributed by atoms with Crippen molar-refractivity contribution in [3.05, 3.63) is 41.3 Å². The van der Waals surface area contributed by atoms with Crippen LogP contribution < -0.4 is 0 Å². The Morgan fingerprint density at radius 3 is 2.50 bits per heavy atom. The molecule has 0 fully saturated rings. The van der Waals surface area contributed by atoms with Gasteiger partial charge in [0, 0.05) is 17.3 Å². The lowest BCUT2D eigenvalue weighted by Gasteiger charge is -1.95. The molecular weight excluding hydrogens is 266 g/mol. The molecule has 0 aliphatic rings. The lowest BCUT2D eigenvalue weighted by Crippen LogP contribution is -1.88. The molecule has 0 aliphatic carbocycles. The molecule has 0 aliphatic heterocycles. The molecule has 2 nitrogen and oxygen atoms in total. The Hall–Kier alpha value is -1.09. The van der Waals surface area contributed by atoms with Crippen LogP contribution in [0, 0.1) is 13.8 Å². The summed E-state index contributed by atoms with van der Waals surface area (Å²) in [5.41, 5.74) is 3.31. The molecule has 0 bridgehead atoms. The van der Waals surface area contributed by atoms with Gasteiger partial charge in [-0.2, -0.15) is 0 Å². The van der Waals surface area contributed by atoms with E-state index in [1.54, 1.807) is 0 Å². The second-order valence-electron chi connectivity index (χ2n) is 3.83. The molecule has 0 amide bonds. The summed E-state index contributed by atoms with van der Waals surface area (Å²) in [6, 6.07) is 8.22. The molecule has 0 N–H and O–H groups in total. The summed E-state index contributed by atoms with van der Waals surface area (Å²) in [6.45, 7) is 4.03. The lowest BCUT2D eigenvalue weighted by atomic mass is 10.1. The first-order valence-corrected chi connectivity index (χ1v) is 6.42. The van der Waals surface area contributed by atoms with E-state index < -0.39 is 0 Å². The van der Waals surface area contributed by atoms with Crippen LogP contribution in [0.3, 0.4) is 0 Å². The minimum absolute atomic E-state index is 0.716. The molecule has 3 heteroatoms. The number of alkyl halides is 1. The van der Waals surface area contributed by atoms with Gasteiger partial charge < -0.3 is 4.42 Å². The number of oxazole rings is 1. The maximum absolute atomic E-state index is 5.66. The number of hydrogen-bond donors (Lipinski definition) is 0. The monoisotopic (exact) mass is 279 g/mol. The molecule has 1 aromatic heterocycles. The van der Waals surface area contributed by atoms with Crippen LogP contribution in [0.4, 0.5) is 0 Å². The Kier molecular flexibility index (Phi) is 3.44. The molecular formula is C13H14BrNO. The fourth-order valence-electron chi connectivity index (χ4n) is 1.57. The molecule has 1 aromatic carbocycles. The summed E-state index contributed by atoms with van der Waals surface area (Å²) < 4.78 is 5.66. The zero-order valence-electron chi connectivity index (χ0n) is 9.46. The van der Waals surface area contributed by atoms with Crippen molar-refractivity contribution in [2.24, 2.45) is 0 Å². The highest BCUT2D eigenvalue weighted by Crippen LogP contribution is 2.22. The van der Waals surface area contributed by atoms with E-state index in [-0.39, 0.29) is 0 Å². The summed E-state index contributed by atoms with van der Waals surface area (Å²) in [4.78, 5) is 4.50. The van der Waals surface area contributed by atoms with Crippen molar-refractivity contribution in [3.63, 3.8) is 0 Å². The number of hydrogen-bond acceptors (Lipinski definition) is 2. The standard InChI is InChI=1S/C13H14BrNO/c1-9-3-5-11(6-4-9)13-15-12(7-8-14)10(2)16-13/h3-6H,7-8H2,1-2H3. The first-order chi connectivity index (χ1) is 7.70. The topological polar surface area (TPSA) is 26.0 Å². The number of aryl methyl sites for hydroxylation is 3. The largest absolute Gasteiger partial charge is 0.441 e. The molecule has 0 saturated carbocycles. The van der Waals surface area contributed by atoms with Gasteiger partial charge >= 0.3 is 0 Å². The zero-order chi connectivity index (χ0) is 11.5. The van der Waals surface area contributed by atoms with Gasteiger partial charge in [-0.3, -0.25) is 0 Å². The van der Waals surface area contributed by atoms with Gasteiger partial charge in [0.25, 0.3) is 0 Å². The average molecular weight is 280 g/mol. The molecule has 1 heterocycles. The van der Waals surface area contributed by atoms with Crippen molar-refractivity contribution in [2.75, 3.05) is 5.33 Å². The Labute approximate surface area is 104 Å². The molecule has 0 radical (unpaired) electrons. The van der Waals surface area contributed by atoms with E-state index in [0.29, 0.717) is 5.89 Å². The summed E-state index contributed by atoms with van der Waals surface area (Å²) in [5, 5.41) is 0.910. The number of rotatable bonds is 3. The van der Waals surface area contributed by atoms with E-state index in [0.717, 1.165) is 28.8 Å². The normalized spacial score (nSPS) is 10.7. The maximum atomic E-state index is 5.66. The van der Waals surface area contributed by atoms with Crippen LogP contribution in [-0.2, 0) is 6.42 Å². The van der Waals surface area contributed by atoms with Gasteiger partial charge in [-0.05, 0) is 26.0 Å². The zero-order valence-corrected chi connectivity index (χ0v) is 11.0. The van der Waals surface area contributed by atoms with Crippen molar-refractivity contribution in [1.29, 1.82) is 0 Å². The predicted molar refractivity (Wildman–Crippen MR) is 68.9 cm³/mol. The molecule has 2 aromatic rings. The molecule has 0 unspecified atom stereocenters. The third kappa shape index (κ3) is 2.35. The molecule has 16 heavy (non-hydrogen) atoms.